The van der Waals surface area contributed by atoms with E-state index in [1.54, 1.807) is 42.2 Å². The Hall–Kier alpha value is -3.37. The second-order valence-corrected chi connectivity index (χ2v) is 11.6. The molecule has 38 heavy (non-hydrogen) atoms. The molecule has 0 unspecified atom stereocenters. The van der Waals surface area contributed by atoms with E-state index in [4.69, 9.17) is 16.3 Å². The molecule has 2 aromatic carbocycles. The number of carbonyl (C=O) groups excluding carboxylic acids is 3. The minimum atomic E-state index is -4.11. The van der Waals surface area contributed by atoms with Gasteiger partial charge < -0.3 is 15.0 Å². The number of anilines is 1. The molecule has 1 heterocycles. The molecule has 0 atom stereocenters. The molecule has 0 aromatic heterocycles. The van der Waals surface area contributed by atoms with Crippen molar-refractivity contribution in [2.24, 2.45) is 5.92 Å². The van der Waals surface area contributed by atoms with Crippen LogP contribution in [0.4, 0.5) is 10.5 Å². The minimum Gasteiger partial charge on any atom is -0.466 e. The summed E-state index contributed by atoms with van der Waals surface area (Å²) in [6.45, 7) is 6.08. The third-order valence-corrected chi connectivity index (χ3v) is 8.85. The second kappa shape index (κ2) is 11.6. The summed E-state index contributed by atoms with van der Waals surface area (Å²) in [5.74, 6) is -0.500. The molecule has 0 radical (unpaired) electrons. The molecule has 2 aliphatic rings. The van der Waals surface area contributed by atoms with Gasteiger partial charge in [-0.1, -0.05) is 29.8 Å². The van der Waals surface area contributed by atoms with Gasteiger partial charge in [0, 0.05) is 23.2 Å². The highest BCUT2D eigenvalue weighted by Crippen LogP contribution is 2.33. The topological polar surface area (TPSA) is 113 Å². The average Bonchev–Trinajstić information content (AvgIpc) is 2.90. The summed E-state index contributed by atoms with van der Waals surface area (Å²) in [6.07, 6.45) is 4.37. The maximum Gasteiger partial charge on any atom is 0.336 e. The minimum absolute atomic E-state index is 0.0278. The van der Waals surface area contributed by atoms with Crippen LogP contribution in [-0.4, -0.2) is 54.7 Å². The van der Waals surface area contributed by atoms with Crippen LogP contribution in [0.3, 0.4) is 0 Å². The normalized spacial score (nSPS) is 20.2. The van der Waals surface area contributed by atoms with Crippen molar-refractivity contribution in [2.45, 2.75) is 50.1 Å². The summed E-state index contributed by atoms with van der Waals surface area (Å²) in [7, 11) is -4.11. The first-order chi connectivity index (χ1) is 18.1. The van der Waals surface area contributed by atoms with Crippen LogP contribution in [0.25, 0.3) is 0 Å². The second-order valence-electron chi connectivity index (χ2n) is 9.28. The molecule has 202 valence electrons. The van der Waals surface area contributed by atoms with E-state index < -0.39 is 16.1 Å². The molecular formula is C27H30ClN3O6S. The van der Waals surface area contributed by atoms with E-state index in [0.717, 1.165) is 4.31 Å². The molecule has 1 saturated carbocycles. The van der Waals surface area contributed by atoms with Gasteiger partial charge in [0.2, 0.25) is 0 Å². The molecule has 3 amide bonds. The van der Waals surface area contributed by atoms with Crippen LogP contribution in [0.15, 0.2) is 60.0 Å². The van der Waals surface area contributed by atoms with Gasteiger partial charge in [-0.15, -0.1) is 6.58 Å². The fraction of sp³-hybridized carbons (Fsp3) is 0.370. The van der Waals surface area contributed by atoms with Gasteiger partial charge in [0.15, 0.2) is 0 Å². The molecule has 1 fully saturated rings. The summed E-state index contributed by atoms with van der Waals surface area (Å²) in [5.41, 5.74) is 1.15. The Bertz CT molecular complexity index is 1340. The lowest BCUT2D eigenvalue weighted by Crippen LogP contribution is -2.43. The number of halogens is 1. The Morgan fingerprint density at radius 2 is 1.84 bits per heavy atom. The number of esters is 1. The van der Waals surface area contributed by atoms with Gasteiger partial charge in [-0.25, -0.2) is 17.5 Å². The molecule has 4 rings (SSSR count). The average molecular weight is 560 g/mol. The lowest BCUT2D eigenvalue weighted by Gasteiger charge is -2.36. The molecule has 0 bridgehead atoms. The highest BCUT2D eigenvalue weighted by molar-refractivity contribution is 7.90. The Morgan fingerprint density at radius 3 is 2.47 bits per heavy atom. The van der Waals surface area contributed by atoms with Crippen LogP contribution in [-0.2, 0) is 26.1 Å². The summed E-state index contributed by atoms with van der Waals surface area (Å²) >= 11 is 5.97. The number of carbonyl (C=O) groups is 3. The van der Waals surface area contributed by atoms with Crippen LogP contribution in [0.1, 0.15) is 48.5 Å². The van der Waals surface area contributed by atoms with E-state index in [9.17, 15) is 22.8 Å². The maximum absolute atomic E-state index is 13.4. The van der Waals surface area contributed by atoms with Crippen molar-refractivity contribution < 1.29 is 27.5 Å². The van der Waals surface area contributed by atoms with Crippen LogP contribution in [0.5, 0.6) is 0 Å². The standard InChI is InChI=1S/C27H30ClN3O6S/c1-3-15-30(22-12-9-20(10-13-22)26(33)37-4-2)25(32)19-7-5-18(6-8-19)17-31-27(34)29-23-14-11-21(28)16-24(23)38(31,35)36/h3,5-8,11,14,16,20,22H,1,4,9-10,12-13,15,17H2,2H3,(H,29,34). The monoisotopic (exact) mass is 559 g/mol. The van der Waals surface area contributed by atoms with Crippen molar-refractivity contribution in [3.8, 4) is 0 Å². The zero-order valence-corrected chi connectivity index (χ0v) is 22.6. The van der Waals surface area contributed by atoms with Gasteiger partial charge in [-0.3, -0.25) is 9.59 Å². The van der Waals surface area contributed by atoms with E-state index in [2.05, 4.69) is 11.9 Å². The van der Waals surface area contributed by atoms with E-state index >= 15 is 0 Å². The molecule has 0 saturated heterocycles. The Labute approximate surface area is 227 Å². The number of benzene rings is 2. The highest BCUT2D eigenvalue weighted by atomic mass is 35.5. The summed E-state index contributed by atoms with van der Waals surface area (Å²) < 4.78 is 32.1. The Balaban J connectivity index is 1.46. The molecule has 1 aliphatic carbocycles. The third-order valence-electron chi connectivity index (χ3n) is 6.85. The summed E-state index contributed by atoms with van der Waals surface area (Å²) in [4.78, 5) is 39.7. The number of urea groups is 1. The van der Waals surface area contributed by atoms with E-state index in [0.29, 0.717) is 50.0 Å². The number of fused-ring (bicyclic) bond motifs is 1. The van der Waals surface area contributed by atoms with Gasteiger partial charge in [0.05, 0.1) is 24.8 Å². The molecule has 0 spiro atoms. The number of sulfonamides is 1. The van der Waals surface area contributed by atoms with Crippen LogP contribution < -0.4 is 5.32 Å². The van der Waals surface area contributed by atoms with Crippen molar-refractivity contribution in [3.05, 3.63) is 71.3 Å². The maximum atomic E-state index is 13.4. The lowest BCUT2D eigenvalue weighted by molar-refractivity contribution is -0.149. The fourth-order valence-electron chi connectivity index (χ4n) is 4.88. The summed E-state index contributed by atoms with van der Waals surface area (Å²) in [6, 6.07) is 9.96. The molecule has 11 heteroatoms. The van der Waals surface area contributed by atoms with Crippen molar-refractivity contribution in [1.29, 1.82) is 0 Å². The molecule has 9 nitrogen and oxygen atoms in total. The van der Waals surface area contributed by atoms with Crippen molar-refractivity contribution in [1.82, 2.24) is 9.21 Å². The van der Waals surface area contributed by atoms with Gasteiger partial charge in [-0.05, 0) is 68.5 Å². The van der Waals surface area contributed by atoms with Crippen LogP contribution >= 0.6 is 11.6 Å². The SMILES string of the molecule is C=CCN(C(=O)c1ccc(CN2C(=O)Nc3ccc(Cl)cc3S2(=O)=O)cc1)C1CCC(C(=O)OCC)CC1. The number of rotatable bonds is 8. The molecular weight excluding hydrogens is 530 g/mol. The predicted molar refractivity (Wildman–Crippen MR) is 143 cm³/mol. The first-order valence-electron chi connectivity index (χ1n) is 12.5. The zero-order valence-electron chi connectivity index (χ0n) is 21.1. The Kier molecular flexibility index (Phi) is 8.42. The van der Waals surface area contributed by atoms with Gasteiger partial charge in [-0.2, -0.15) is 0 Å². The number of ether oxygens (including phenoxy) is 1. The number of hydrogen-bond donors (Lipinski definition) is 1. The van der Waals surface area contributed by atoms with Crippen molar-refractivity contribution in [3.63, 3.8) is 0 Å². The number of nitrogens with one attached hydrogen (secondary N) is 1. The molecule has 1 aliphatic heterocycles. The summed E-state index contributed by atoms with van der Waals surface area (Å²) in [5, 5.41) is 2.82. The number of amides is 3. The Morgan fingerprint density at radius 1 is 1.16 bits per heavy atom. The van der Waals surface area contributed by atoms with Gasteiger partial charge in [0.25, 0.3) is 15.9 Å². The quantitative estimate of drug-likeness (QED) is 0.366. The predicted octanol–water partition coefficient (Wildman–Crippen LogP) is 4.83. The van der Waals surface area contributed by atoms with Crippen LogP contribution in [0.2, 0.25) is 5.02 Å². The highest BCUT2D eigenvalue weighted by Gasteiger charge is 2.37. The van der Waals surface area contributed by atoms with Crippen molar-refractivity contribution >= 4 is 45.2 Å². The lowest BCUT2D eigenvalue weighted by atomic mass is 9.85. The van der Waals surface area contributed by atoms with E-state index in [-0.39, 0.29) is 46.0 Å². The smallest absolute Gasteiger partial charge is 0.336 e. The third kappa shape index (κ3) is 5.71. The van der Waals surface area contributed by atoms with Gasteiger partial charge in [0.1, 0.15) is 4.90 Å². The van der Waals surface area contributed by atoms with Crippen molar-refractivity contribution in [2.75, 3.05) is 18.5 Å². The fourth-order valence-corrected chi connectivity index (χ4v) is 6.61. The van der Waals surface area contributed by atoms with Gasteiger partial charge >= 0.3 is 12.0 Å². The van der Waals surface area contributed by atoms with E-state index in [1.165, 1.54) is 18.2 Å². The van der Waals surface area contributed by atoms with Crippen LogP contribution in [0, 0.1) is 5.92 Å². The number of hydrogen-bond acceptors (Lipinski definition) is 6. The molecule has 2 aromatic rings. The first-order valence-corrected chi connectivity index (χ1v) is 14.3. The number of nitrogens with zero attached hydrogens (tertiary/aromatic N) is 2. The first kappa shape index (κ1) is 27.7. The molecule has 1 N–H and O–H groups in total. The largest absolute Gasteiger partial charge is 0.466 e. The zero-order chi connectivity index (χ0) is 27.4. The van der Waals surface area contributed by atoms with E-state index in [1.807, 2.05) is 0 Å².